The van der Waals surface area contributed by atoms with Crippen LogP contribution in [0.25, 0.3) is 10.9 Å². The maximum Gasteiger partial charge on any atom is 0.246 e. The summed E-state index contributed by atoms with van der Waals surface area (Å²) in [7, 11) is 4.71. The van der Waals surface area contributed by atoms with Gasteiger partial charge in [-0.3, -0.25) is 9.59 Å². The molecule has 190 valence electrons. The Balaban J connectivity index is 1.67. The van der Waals surface area contributed by atoms with Gasteiger partial charge < -0.3 is 29.0 Å². The van der Waals surface area contributed by atoms with Crippen molar-refractivity contribution in [1.82, 2.24) is 14.8 Å². The van der Waals surface area contributed by atoms with E-state index in [1.165, 1.54) is 0 Å². The summed E-state index contributed by atoms with van der Waals surface area (Å²) in [5.74, 6) is 1.45. The lowest BCUT2D eigenvalue weighted by molar-refractivity contribution is -0.158. The standard InChI is InChI=1S/C28H33N3O5/c1-5-6-9-12-30-16-24(32)31-21(28(30)33)15-19-18-10-7-8-11-20(18)29-25(19)26(31)17-13-22(34-2)27(36-4)23(14-17)35-3/h7-8,10-11,13-14,21,26,29H,5-6,9,12,15-16H2,1-4H3. The van der Waals surface area contributed by atoms with Crippen molar-refractivity contribution in [1.29, 1.82) is 0 Å². The maximum absolute atomic E-state index is 13.7. The average Bonchev–Trinajstić information content (AvgIpc) is 3.27. The fourth-order valence-corrected chi connectivity index (χ4v) is 5.67. The Labute approximate surface area is 211 Å². The number of unbranched alkanes of at least 4 members (excludes halogenated alkanes) is 2. The van der Waals surface area contributed by atoms with Crippen LogP contribution >= 0.6 is 0 Å². The van der Waals surface area contributed by atoms with Crippen LogP contribution in [0.2, 0.25) is 0 Å². The molecule has 2 amide bonds. The van der Waals surface area contributed by atoms with Crippen molar-refractivity contribution >= 4 is 22.7 Å². The van der Waals surface area contributed by atoms with Gasteiger partial charge in [-0.25, -0.2) is 0 Å². The quantitative estimate of drug-likeness (QED) is 0.481. The molecule has 2 atom stereocenters. The second-order valence-electron chi connectivity index (χ2n) is 9.41. The molecular formula is C28H33N3O5. The van der Waals surface area contributed by atoms with Crippen LogP contribution in [0.15, 0.2) is 36.4 Å². The molecule has 1 aromatic heterocycles. The van der Waals surface area contributed by atoms with Crippen LogP contribution < -0.4 is 14.2 Å². The number of carbonyl (C=O) groups is 2. The van der Waals surface area contributed by atoms with Crippen LogP contribution in [0.3, 0.4) is 0 Å². The highest BCUT2D eigenvalue weighted by molar-refractivity contribution is 5.97. The zero-order chi connectivity index (χ0) is 25.4. The van der Waals surface area contributed by atoms with Gasteiger partial charge in [0.1, 0.15) is 6.04 Å². The Kier molecular flexibility index (Phi) is 6.51. The summed E-state index contributed by atoms with van der Waals surface area (Å²) in [4.78, 5) is 34.5. The molecule has 0 saturated carbocycles. The normalized spacial score (nSPS) is 19.3. The van der Waals surface area contributed by atoms with Crippen molar-refractivity contribution in [2.75, 3.05) is 34.4 Å². The third kappa shape index (κ3) is 3.85. The number of piperazine rings is 1. The van der Waals surface area contributed by atoms with Gasteiger partial charge in [-0.05, 0) is 35.7 Å². The van der Waals surface area contributed by atoms with Gasteiger partial charge in [0, 0.05) is 29.6 Å². The molecule has 2 unspecified atom stereocenters. The van der Waals surface area contributed by atoms with E-state index in [2.05, 4.69) is 18.0 Å². The van der Waals surface area contributed by atoms with Crippen LogP contribution in [0.5, 0.6) is 17.2 Å². The second kappa shape index (κ2) is 9.76. The molecule has 0 aliphatic carbocycles. The number of hydrogen-bond donors (Lipinski definition) is 1. The summed E-state index contributed by atoms with van der Waals surface area (Å²) in [6.45, 7) is 2.83. The number of hydrogen-bond acceptors (Lipinski definition) is 5. The summed E-state index contributed by atoms with van der Waals surface area (Å²) in [5, 5.41) is 1.08. The predicted molar refractivity (Wildman–Crippen MR) is 137 cm³/mol. The van der Waals surface area contributed by atoms with E-state index in [1.807, 2.05) is 30.3 Å². The topological polar surface area (TPSA) is 84.1 Å². The van der Waals surface area contributed by atoms with Crippen molar-refractivity contribution < 1.29 is 23.8 Å². The molecule has 8 heteroatoms. The minimum atomic E-state index is -0.566. The number of nitrogens with one attached hydrogen (secondary N) is 1. The minimum absolute atomic E-state index is 0.0130. The number of aromatic nitrogens is 1. The summed E-state index contributed by atoms with van der Waals surface area (Å²) in [6, 6.07) is 10.8. The molecule has 1 N–H and O–H groups in total. The monoisotopic (exact) mass is 491 g/mol. The van der Waals surface area contributed by atoms with E-state index < -0.39 is 12.1 Å². The van der Waals surface area contributed by atoms with Gasteiger partial charge in [0.2, 0.25) is 17.6 Å². The van der Waals surface area contributed by atoms with Gasteiger partial charge in [-0.1, -0.05) is 38.0 Å². The van der Waals surface area contributed by atoms with Crippen LogP contribution in [0, 0.1) is 0 Å². The number of carbonyl (C=O) groups excluding carboxylic acids is 2. The van der Waals surface area contributed by atoms with Crippen molar-refractivity contribution in [3.05, 3.63) is 53.2 Å². The fraction of sp³-hybridized carbons (Fsp3) is 0.429. The van der Waals surface area contributed by atoms with Gasteiger partial charge in [-0.2, -0.15) is 0 Å². The number of aromatic amines is 1. The Bertz CT molecular complexity index is 1270. The zero-order valence-corrected chi connectivity index (χ0v) is 21.3. The van der Waals surface area contributed by atoms with Gasteiger partial charge in [0.25, 0.3) is 0 Å². The minimum Gasteiger partial charge on any atom is -0.493 e. The van der Waals surface area contributed by atoms with Crippen molar-refractivity contribution in [2.24, 2.45) is 0 Å². The number of nitrogens with zero attached hydrogens (tertiary/aromatic N) is 2. The summed E-state index contributed by atoms with van der Waals surface area (Å²) >= 11 is 0. The number of amides is 2. The summed E-state index contributed by atoms with van der Waals surface area (Å²) in [6.07, 6.45) is 3.48. The molecule has 36 heavy (non-hydrogen) atoms. The molecule has 3 aromatic rings. The van der Waals surface area contributed by atoms with Crippen molar-refractivity contribution in [2.45, 2.75) is 44.7 Å². The molecule has 8 nitrogen and oxygen atoms in total. The number of fused-ring (bicyclic) bond motifs is 4. The molecular weight excluding hydrogens is 458 g/mol. The van der Waals surface area contributed by atoms with Gasteiger partial charge in [0.15, 0.2) is 11.5 Å². The van der Waals surface area contributed by atoms with Crippen molar-refractivity contribution in [3.8, 4) is 17.2 Å². The third-order valence-corrected chi connectivity index (χ3v) is 7.38. The zero-order valence-electron chi connectivity index (χ0n) is 21.3. The first-order valence-electron chi connectivity index (χ1n) is 12.5. The number of H-pyrrole nitrogens is 1. The van der Waals surface area contributed by atoms with Crippen LogP contribution in [0.4, 0.5) is 0 Å². The number of benzene rings is 2. The van der Waals surface area contributed by atoms with Gasteiger partial charge >= 0.3 is 0 Å². The Hall–Kier alpha value is -3.68. The Morgan fingerprint density at radius 1 is 1.00 bits per heavy atom. The van der Waals surface area contributed by atoms with E-state index >= 15 is 0 Å². The van der Waals surface area contributed by atoms with Crippen LogP contribution in [0.1, 0.15) is 49.0 Å². The SMILES string of the molecule is CCCCCN1CC(=O)N2C(Cc3c([nH]c4ccccc34)C2c2cc(OC)c(OC)c(OC)c2)C1=O. The molecule has 0 radical (unpaired) electrons. The van der Waals surface area contributed by atoms with E-state index in [1.54, 1.807) is 31.1 Å². The average molecular weight is 492 g/mol. The fourth-order valence-electron chi connectivity index (χ4n) is 5.67. The number of methoxy groups -OCH3 is 3. The molecule has 3 heterocycles. The lowest BCUT2D eigenvalue weighted by Crippen LogP contribution is -2.63. The molecule has 1 saturated heterocycles. The number of ether oxygens (including phenoxy) is 3. The van der Waals surface area contributed by atoms with E-state index in [9.17, 15) is 9.59 Å². The van der Waals surface area contributed by atoms with Gasteiger partial charge in [0.05, 0.1) is 33.9 Å². The largest absolute Gasteiger partial charge is 0.493 e. The molecule has 1 fully saturated rings. The molecule has 2 aliphatic heterocycles. The Morgan fingerprint density at radius 3 is 2.39 bits per heavy atom. The molecule has 5 rings (SSSR count). The highest BCUT2D eigenvalue weighted by Gasteiger charge is 2.48. The predicted octanol–water partition coefficient (Wildman–Crippen LogP) is 4.07. The van der Waals surface area contributed by atoms with E-state index in [-0.39, 0.29) is 18.4 Å². The first-order chi connectivity index (χ1) is 17.5. The molecule has 2 aromatic carbocycles. The van der Waals surface area contributed by atoms with Crippen molar-refractivity contribution in [3.63, 3.8) is 0 Å². The Morgan fingerprint density at radius 2 is 1.72 bits per heavy atom. The first kappa shape index (κ1) is 24.0. The molecule has 0 spiro atoms. The number of rotatable bonds is 8. The highest BCUT2D eigenvalue weighted by Crippen LogP contribution is 2.47. The number of para-hydroxylation sites is 1. The summed E-state index contributed by atoms with van der Waals surface area (Å²) < 4.78 is 16.8. The maximum atomic E-state index is 13.7. The van der Waals surface area contributed by atoms with Crippen LogP contribution in [-0.4, -0.2) is 67.1 Å². The van der Waals surface area contributed by atoms with E-state index in [0.717, 1.165) is 47.0 Å². The van der Waals surface area contributed by atoms with E-state index in [0.29, 0.717) is 30.2 Å². The lowest BCUT2D eigenvalue weighted by Gasteiger charge is -2.47. The second-order valence-corrected chi connectivity index (χ2v) is 9.41. The molecule has 0 bridgehead atoms. The first-order valence-corrected chi connectivity index (χ1v) is 12.5. The lowest BCUT2D eigenvalue weighted by atomic mass is 9.86. The van der Waals surface area contributed by atoms with Gasteiger partial charge in [-0.15, -0.1) is 0 Å². The third-order valence-electron chi connectivity index (χ3n) is 7.38. The summed E-state index contributed by atoms with van der Waals surface area (Å²) in [5.41, 5.74) is 3.77. The van der Waals surface area contributed by atoms with E-state index in [4.69, 9.17) is 14.2 Å². The highest BCUT2D eigenvalue weighted by atomic mass is 16.5. The smallest absolute Gasteiger partial charge is 0.246 e. The molecule has 2 aliphatic rings. The van der Waals surface area contributed by atoms with Crippen LogP contribution in [-0.2, 0) is 16.0 Å².